The minimum Gasteiger partial charge on any atom is -0.463 e. The third-order valence-corrected chi connectivity index (χ3v) is 7.51. The molecule has 0 saturated heterocycles. The molecule has 0 aliphatic carbocycles. The summed E-state index contributed by atoms with van der Waals surface area (Å²) in [5, 5.41) is 4.22. The van der Waals surface area contributed by atoms with Gasteiger partial charge in [0.2, 0.25) is 0 Å². The first kappa shape index (κ1) is 32.7. The monoisotopic (exact) mass is 620 g/mol. The Bertz CT molecular complexity index is 1150. The number of nitrogens with zero attached hydrogens (tertiary/aromatic N) is 2. The standard InChI is InChI=1S/C24H30Cl2N4O7S2/c1-13(35-15(3)32)22(12-34-14(2)31)37-24(39-17-5-6-18(25)19(26)9-17)21(36-16(4)33)11-30(28)10-20(27)23-29-7-8-38-23/h5-10,13,21-22,24H,11-12,27-28H2,1-4H3/b20-10-. The summed E-state index contributed by atoms with van der Waals surface area (Å²) in [6.07, 6.45) is 0.309. The van der Waals surface area contributed by atoms with Gasteiger partial charge in [0.05, 0.1) is 22.3 Å². The summed E-state index contributed by atoms with van der Waals surface area (Å²) in [6, 6.07) is 4.93. The van der Waals surface area contributed by atoms with Crippen molar-refractivity contribution in [1.82, 2.24) is 9.99 Å². The Hall–Kier alpha value is -2.55. The average Bonchev–Trinajstić information content (AvgIpc) is 3.37. The van der Waals surface area contributed by atoms with Crippen molar-refractivity contribution >= 4 is 69.9 Å². The summed E-state index contributed by atoms with van der Waals surface area (Å²) >= 11 is 14.8. The van der Waals surface area contributed by atoms with Gasteiger partial charge in [-0.1, -0.05) is 35.0 Å². The average molecular weight is 622 g/mol. The maximum Gasteiger partial charge on any atom is 0.303 e. The van der Waals surface area contributed by atoms with Gasteiger partial charge in [0.15, 0.2) is 6.10 Å². The molecule has 0 amide bonds. The number of ether oxygens (including phenoxy) is 4. The number of carbonyl (C=O) groups excluding carboxylic acids is 3. The van der Waals surface area contributed by atoms with Crippen LogP contribution < -0.4 is 11.6 Å². The lowest BCUT2D eigenvalue weighted by molar-refractivity contribution is -0.170. The number of hydrogen-bond acceptors (Lipinski definition) is 13. The molecule has 11 nitrogen and oxygen atoms in total. The molecule has 4 unspecified atom stereocenters. The Labute approximate surface area is 244 Å². The maximum absolute atomic E-state index is 12.1. The Morgan fingerprint density at radius 3 is 2.36 bits per heavy atom. The first-order valence-corrected chi connectivity index (χ1v) is 14.0. The zero-order valence-corrected chi connectivity index (χ0v) is 24.8. The van der Waals surface area contributed by atoms with Crippen molar-refractivity contribution in [1.29, 1.82) is 0 Å². The van der Waals surface area contributed by atoms with Crippen LogP contribution in [0.1, 0.15) is 32.7 Å². The molecule has 0 aliphatic rings. The van der Waals surface area contributed by atoms with Gasteiger partial charge in [0, 0.05) is 43.4 Å². The molecule has 0 radical (unpaired) electrons. The van der Waals surface area contributed by atoms with Gasteiger partial charge < -0.3 is 29.7 Å². The van der Waals surface area contributed by atoms with Crippen LogP contribution in [0.15, 0.2) is 40.9 Å². The normalized spacial score (nSPS) is 14.6. The van der Waals surface area contributed by atoms with Gasteiger partial charge in [-0.05, 0) is 25.1 Å². The summed E-state index contributed by atoms with van der Waals surface area (Å²) in [4.78, 5) is 40.0. The van der Waals surface area contributed by atoms with Crippen LogP contribution in [0.25, 0.3) is 5.70 Å². The molecule has 0 fully saturated rings. The van der Waals surface area contributed by atoms with E-state index in [-0.39, 0.29) is 13.2 Å². The van der Waals surface area contributed by atoms with E-state index in [1.807, 2.05) is 0 Å². The van der Waals surface area contributed by atoms with Crippen LogP contribution in [0.4, 0.5) is 0 Å². The highest BCUT2D eigenvalue weighted by atomic mass is 35.5. The SMILES string of the molecule is CC(=O)OCC(OC(Sc1ccc(Cl)c(Cl)c1)C(CN(N)/C=C(\N)c1nccs1)OC(C)=O)C(C)OC(C)=O. The quantitative estimate of drug-likeness (QED) is 0.0786. The fourth-order valence-corrected chi connectivity index (χ4v) is 5.14. The third kappa shape index (κ3) is 11.6. The van der Waals surface area contributed by atoms with Gasteiger partial charge in [-0.3, -0.25) is 14.4 Å². The topological polar surface area (TPSA) is 156 Å². The summed E-state index contributed by atoms with van der Waals surface area (Å²) in [5.74, 6) is 4.50. The molecule has 0 saturated carbocycles. The smallest absolute Gasteiger partial charge is 0.303 e. The molecular formula is C24H30Cl2N4O7S2. The van der Waals surface area contributed by atoms with Crippen molar-refractivity contribution in [2.45, 2.75) is 56.3 Å². The van der Waals surface area contributed by atoms with Crippen molar-refractivity contribution in [2.75, 3.05) is 13.2 Å². The largest absolute Gasteiger partial charge is 0.463 e. The van der Waals surface area contributed by atoms with E-state index in [1.165, 1.54) is 43.3 Å². The Kier molecular flexibility index (Phi) is 13.3. The lowest BCUT2D eigenvalue weighted by Crippen LogP contribution is -2.46. The molecule has 4 atom stereocenters. The Balaban J connectivity index is 2.42. The Morgan fingerprint density at radius 2 is 1.79 bits per heavy atom. The van der Waals surface area contributed by atoms with Crippen LogP contribution in [-0.4, -0.2) is 64.8 Å². The molecule has 4 N–H and O–H groups in total. The molecular weight excluding hydrogens is 591 g/mol. The van der Waals surface area contributed by atoms with Gasteiger partial charge >= 0.3 is 17.9 Å². The van der Waals surface area contributed by atoms with Gasteiger partial charge in [0.1, 0.15) is 29.3 Å². The number of nitrogens with two attached hydrogens (primary N) is 2. The van der Waals surface area contributed by atoms with Crippen LogP contribution in [-0.2, 0) is 33.3 Å². The van der Waals surface area contributed by atoms with Gasteiger partial charge in [-0.25, -0.2) is 10.8 Å². The highest BCUT2D eigenvalue weighted by Gasteiger charge is 2.34. The number of thiazole rings is 1. The van der Waals surface area contributed by atoms with E-state index in [4.69, 9.17) is 53.7 Å². The van der Waals surface area contributed by atoms with Crippen molar-refractivity contribution in [3.05, 3.63) is 51.0 Å². The van der Waals surface area contributed by atoms with Gasteiger partial charge in [-0.15, -0.1) is 11.3 Å². The molecule has 39 heavy (non-hydrogen) atoms. The third-order valence-electron chi connectivity index (χ3n) is 4.77. The molecule has 1 aromatic heterocycles. The summed E-state index contributed by atoms with van der Waals surface area (Å²) in [6.45, 7) is 5.01. The lowest BCUT2D eigenvalue weighted by Gasteiger charge is -2.33. The van der Waals surface area contributed by atoms with E-state index in [1.54, 1.807) is 36.7 Å². The summed E-state index contributed by atoms with van der Waals surface area (Å²) in [5.41, 5.74) is 5.45. The maximum atomic E-state index is 12.1. The predicted octanol–water partition coefficient (Wildman–Crippen LogP) is 3.83. The first-order valence-electron chi connectivity index (χ1n) is 11.5. The minimum absolute atomic E-state index is 0.0626. The number of esters is 3. The predicted molar refractivity (Wildman–Crippen MR) is 150 cm³/mol. The van der Waals surface area contributed by atoms with Crippen LogP contribution in [0, 0.1) is 0 Å². The van der Waals surface area contributed by atoms with E-state index in [9.17, 15) is 14.4 Å². The fourth-order valence-electron chi connectivity index (χ4n) is 3.12. The highest BCUT2D eigenvalue weighted by molar-refractivity contribution is 7.99. The van der Waals surface area contributed by atoms with Crippen LogP contribution in [0.3, 0.4) is 0 Å². The number of hydrazine groups is 1. The molecule has 15 heteroatoms. The van der Waals surface area contributed by atoms with E-state index in [0.717, 1.165) is 11.8 Å². The van der Waals surface area contributed by atoms with E-state index < -0.39 is 41.7 Å². The minimum atomic E-state index is -0.989. The number of benzene rings is 1. The van der Waals surface area contributed by atoms with Crippen molar-refractivity contribution in [3.8, 4) is 0 Å². The van der Waals surface area contributed by atoms with E-state index >= 15 is 0 Å². The number of halogens is 2. The molecule has 1 heterocycles. The number of carbonyl (C=O) groups is 3. The second-order valence-electron chi connectivity index (χ2n) is 8.12. The number of thioether (sulfide) groups is 1. The fraction of sp³-hybridized carbons (Fsp3) is 0.417. The van der Waals surface area contributed by atoms with Crippen LogP contribution in [0.5, 0.6) is 0 Å². The highest BCUT2D eigenvalue weighted by Crippen LogP contribution is 2.34. The summed E-state index contributed by atoms with van der Waals surface area (Å²) < 4.78 is 22.3. The second-order valence-corrected chi connectivity index (χ2v) is 11.0. The van der Waals surface area contributed by atoms with Crippen LogP contribution in [0.2, 0.25) is 10.0 Å². The number of rotatable bonds is 14. The molecule has 0 bridgehead atoms. The van der Waals surface area contributed by atoms with Crippen molar-refractivity contribution < 1.29 is 33.3 Å². The zero-order valence-electron chi connectivity index (χ0n) is 21.7. The van der Waals surface area contributed by atoms with Crippen molar-refractivity contribution in [2.24, 2.45) is 11.6 Å². The summed E-state index contributed by atoms with van der Waals surface area (Å²) in [7, 11) is 0. The van der Waals surface area contributed by atoms with Gasteiger partial charge in [-0.2, -0.15) is 0 Å². The molecule has 0 aliphatic heterocycles. The number of aromatic nitrogens is 1. The Morgan fingerprint density at radius 1 is 1.10 bits per heavy atom. The molecule has 1 aromatic carbocycles. The molecule has 0 spiro atoms. The molecule has 214 valence electrons. The van der Waals surface area contributed by atoms with E-state index in [0.29, 0.717) is 25.6 Å². The van der Waals surface area contributed by atoms with E-state index in [2.05, 4.69) is 4.98 Å². The zero-order chi connectivity index (χ0) is 29.1. The molecule has 2 rings (SSSR count). The first-order chi connectivity index (χ1) is 18.3. The number of hydrogen-bond donors (Lipinski definition) is 2. The van der Waals surface area contributed by atoms with Gasteiger partial charge in [0.25, 0.3) is 0 Å². The van der Waals surface area contributed by atoms with Crippen LogP contribution >= 0.6 is 46.3 Å². The lowest BCUT2D eigenvalue weighted by atomic mass is 10.2. The second kappa shape index (κ2) is 15.9. The van der Waals surface area contributed by atoms with Crippen molar-refractivity contribution in [3.63, 3.8) is 0 Å². The molecule has 2 aromatic rings.